The maximum Gasteiger partial charge on any atom is 0.233 e. The fourth-order valence-electron chi connectivity index (χ4n) is 2.22. The molecule has 3 rings (SSSR count). The molecular weight excluding hydrogens is 332 g/mol. The van der Waals surface area contributed by atoms with Gasteiger partial charge in [0.25, 0.3) is 0 Å². The first-order chi connectivity index (χ1) is 10.3. The van der Waals surface area contributed by atoms with Crippen molar-refractivity contribution < 1.29 is 5.11 Å². The molecule has 0 aliphatic heterocycles. The van der Waals surface area contributed by atoms with Gasteiger partial charge >= 0.3 is 0 Å². The van der Waals surface area contributed by atoms with Crippen molar-refractivity contribution in [2.24, 2.45) is 0 Å². The molecule has 6 heteroatoms. The summed E-state index contributed by atoms with van der Waals surface area (Å²) in [6.07, 6.45) is 5.62. The highest BCUT2D eigenvalue weighted by molar-refractivity contribution is 9.10. The van der Waals surface area contributed by atoms with Crippen LogP contribution in [0, 0.1) is 0 Å². The van der Waals surface area contributed by atoms with E-state index in [9.17, 15) is 5.11 Å². The van der Waals surface area contributed by atoms with E-state index in [1.54, 1.807) is 6.20 Å². The lowest BCUT2D eigenvalue weighted by Gasteiger charge is -2.23. The van der Waals surface area contributed by atoms with Crippen LogP contribution in [-0.2, 0) is 6.54 Å². The second kappa shape index (κ2) is 6.24. The first kappa shape index (κ1) is 14.0. The van der Waals surface area contributed by atoms with Gasteiger partial charge in [-0.1, -0.05) is 15.9 Å². The van der Waals surface area contributed by atoms with Gasteiger partial charge in [-0.15, -0.1) is 0 Å². The molecule has 0 radical (unpaired) electrons. The van der Waals surface area contributed by atoms with Gasteiger partial charge in [-0.25, -0.2) is 9.97 Å². The molecule has 0 saturated heterocycles. The van der Waals surface area contributed by atoms with Crippen molar-refractivity contribution in [3.05, 3.63) is 59.1 Å². The van der Waals surface area contributed by atoms with E-state index in [1.807, 2.05) is 47.1 Å². The van der Waals surface area contributed by atoms with Crippen molar-refractivity contribution >= 4 is 27.4 Å². The van der Waals surface area contributed by atoms with Crippen LogP contribution in [0.2, 0.25) is 0 Å². The molecule has 3 aromatic rings. The van der Waals surface area contributed by atoms with Crippen molar-refractivity contribution in [2.45, 2.75) is 6.54 Å². The molecule has 0 saturated carbocycles. The van der Waals surface area contributed by atoms with Gasteiger partial charge in [-0.2, -0.15) is 0 Å². The topological polar surface area (TPSA) is 53.7 Å². The second-order valence-corrected chi connectivity index (χ2v) is 5.60. The van der Waals surface area contributed by atoms with E-state index in [0.717, 1.165) is 15.9 Å². The minimum absolute atomic E-state index is 0.0989. The second-order valence-electron chi connectivity index (χ2n) is 4.68. The number of aromatic nitrogens is 3. The standard InChI is InChI=1S/C15H15BrN4O/c16-12-2-4-14(5-3-12)19(8-9-21)10-13-11-20-7-1-6-17-15(20)18-13/h1-7,11,21H,8-10H2. The molecule has 0 unspecified atom stereocenters. The lowest BCUT2D eigenvalue weighted by molar-refractivity contribution is 0.301. The van der Waals surface area contributed by atoms with E-state index in [4.69, 9.17) is 0 Å². The molecule has 0 aliphatic carbocycles. The van der Waals surface area contributed by atoms with Gasteiger partial charge in [-0.05, 0) is 30.3 Å². The summed E-state index contributed by atoms with van der Waals surface area (Å²) in [6, 6.07) is 9.90. The van der Waals surface area contributed by atoms with Crippen LogP contribution in [0.25, 0.3) is 5.78 Å². The first-order valence-corrected chi connectivity index (χ1v) is 7.45. The fourth-order valence-corrected chi connectivity index (χ4v) is 2.49. The summed E-state index contributed by atoms with van der Waals surface area (Å²) in [5.41, 5.74) is 1.97. The number of hydrogen-bond donors (Lipinski definition) is 1. The van der Waals surface area contributed by atoms with Crippen LogP contribution in [-0.4, -0.2) is 32.6 Å². The molecule has 0 bridgehead atoms. The number of anilines is 1. The third-order valence-corrected chi connectivity index (χ3v) is 3.73. The van der Waals surface area contributed by atoms with Crippen LogP contribution >= 0.6 is 15.9 Å². The molecule has 1 aromatic carbocycles. The van der Waals surface area contributed by atoms with Gasteiger partial charge in [-0.3, -0.25) is 4.40 Å². The molecule has 1 N–H and O–H groups in total. The van der Waals surface area contributed by atoms with Crippen LogP contribution in [0.4, 0.5) is 5.69 Å². The van der Waals surface area contributed by atoms with Gasteiger partial charge in [0.15, 0.2) is 0 Å². The Morgan fingerprint density at radius 3 is 2.76 bits per heavy atom. The number of aliphatic hydroxyl groups is 1. The van der Waals surface area contributed by atoms with Crippen molar-refractivity contribution in [1.82, 2.24) is 14.4 Å². The molecule has 0 amide bonds. The van der Waals surface area contributed by atoms with Gasteiger partial charge in [0, 0.05) is 35.3 Å². The van der Waals surface area contributed by atoms with E-state index in [2.05, 4.69) is 30.8 Å². The summed E-state index contributed by atoms with van der Waals surface area (Å²) in [4.78, 5) is 10.8. The maximum absolute atomic E-state index is 9.28. The third kappa shape index (κ3) is 3.22. The van der Waals surface area contributed by atoms with Crippen molar-refractivity contribution in [3.63, 3.8) is 0 Å². The van der Waals surface area contributed by atoms with Crippen LogP contribution in [0.3, 0.4) is 0 Å². The largest absolute Gasteiger partial charge is 0.395 e. The van der Waals surface area contributed by atoms with Gasteiger partial charge in [0.2, 0.25) is 5.78 Å². The monoisotopic (exact) mass is 346 g/mol. The summed E-state index contributed by atoms with van der Waals surface area (Å²) in [5.74, 6) is 0.687. The van der Waals surface area contributed by atoms with Crippen LogP contribution in [0.5, 0.6) is 0 Å². The number of halogens is 1. The zero-order chi connectivity index (χ0) is 14.7. The molecule has 2 heterocycles. The number of benzene rings is 1. The predicted molar refractivity (Wildman–Crippen MR) is 85.3 cm³/mol. The minimum atomic E-state index is 0.0989. The molecule has 0 atom stereocenters. The predicted octanol–water partition coefficient (Wildman–Crippen LogP) is 2.49. The Balaban J connectivity index is 1.85. The maximum atomic E-state index is 9.28. The number of rotatable bonds is 5. The Kier molecular flexibility index (Phi) is 4.17. The van der Waals surface area contributed by atoms with Gasteiger partial charge < -0.3 is 10.0 Å². The summed E-state index contributed by atoms with van der Waals surface area (Å²) in [6.45, 7) is 1.29. The summed E-state index contributed by atoms with van der Waals surface area (Å²) in [7, 11) is 0. The number of hydrogen-bond acceptors (Lipinski definition) is 4. The highest BCUT2D eigenvalue weighted by atomic mass is 79.9. The van der Waals surface area contributed by atoms with E-state index in [1.165, 1.54) is 0 Å². The zero-order valence-corrected chi connectivity index (χ0v) is 12.9. The highest BCUT2D eigenvalue weighted by Gasteiger charge is 2.10. The average Bonchev–Trinajstić information content (AvgIpc) is 2.90. The van der Waals surface area contributed by atoms with E-state index < -0.39 is 0 Å². The summed E-state index contributed by atoms with van der Waals surface area (Å²) < 4.78 is 2.93. The molecule has 108 valence electrons. The normalized spacial score (nSPS) is 11.0. The van der Waals surface area contributed by atoms with Crippen molar-refractivity contribution in [3.8, 4) is 0 Å². The van der Waals surface area contributed by atoms with E-state index in [-0.39, 0.29) is 6.61 Å². The Morgan fingerprint density at radius 2 is 2.05 bits per heavy atom. The average molecular weight is 347 g/mol. The number of aliphatic hydroxyl groups excluding tert-OH is 1. The molecule has 0 aliphatic rings. The zero-order valence-electron chi connectivity index (χ0n) is 11.4. The van der Waals surface area contributed by atoms with Crippen LogP contribution in [0.15, 0.2) is 53.4 Å². The van der Waals surface area contributed by atoms with Crippen LogP contribution < -0.4 is 4.90 Å². The quantitative estimate of drug-likeness (QED) is 0.771. The lowest BCUT2D eigenvalue weighted by Crippen LogP contribution is -2.26. The Labute approximate surface area is 131 Å². The minimum Gasteiger partial charge on any atom is -0.395 e. The molecule has 2 aromatic heterocycles. The van der Waals surface area contributed by atoms with Crippen LogP contribution in [0.1, 0.15) is 5.69 Å². The molecule has 0 fully saturated rings. The number of nitrogens with zero attached hydrogens (tertiary/aromatic N) is 4. The molecule has 21 heavy (non-hydrogen) atoms. The smallest absolute Gasteiger partial charge is 0.233 e. The Morgan fingerprint density at radius 1 is 1.24 bits per heavy atom. The SMILES string of the molecule is OCCN(Cc1cn2cccnc2n1)c1ccc(Br)cc1. The van der Waals surface area contributed by atoms with Crippen molar-refractivity contribution in [2.75, 3.05) is 18.1 Å². The summed E-state index contributed by atoms with van der Waals surface area (Å²) >= 11 is 3.43. The van der Waals surface area contributed by atoms with Gasteiger partial charge in [0.1, 0.15) is 0 Å². The number of fused-ring (bicyclic) bond motifs is 1. The first-order valence-electron chi connectivity index (χ1n) is 6.66. The molecule has 5 nitrogen and oxygen atoms in total. The third-order valence-electron chi connectivity index (χ3n) is 3.20. The molecular formula is C15H15BrN4O. The van der Waals surface area contributed by atoms with E-state index >= 15 is 0 Å². The molecule has 0 spiro atoms. The van der Waals surface area contributed by atoms with Crippen molar-refractivity contribution in [1.29, 1.82) is 0 Å². The fraction of sp³-hybridized carbons (Fsp3) is 0.200. The Bertz CT molecular complexity index is 693. The summed E-state index contributed by atoms with van der Waals surface area (Å²) in [5, 5.41) is 9.28. The highest BCUT2D eigenvalue weighted by Crippen LogP contribution is 2.20. The number of imidazole rings is 1. The Hall–Kier alpha value is -1.92. The van der Waals surface area contributed by atoms with E-state index in [0.29, 0.717) is 18.9 Å². The van der Waals surface area contributed by atoms with Gasteiger partial charge in [0.05, 0.1) is 18.8 Å². The lowest BCUT2D eigenvalue weighted by atomic mass is 10.2.